The van der Waals surface area contributed by atoms with Gasteiger partial charge in [-0.05, 0) is 24.3 Å². The molecule has 0 saturated heterocycles. The zero-order valence-electron chi connectivity index (χ0n) is 7.68. The quantitative estimate of drug-likeness (QED) is 0.678. The number of nitrogen functional groups attached to an aromatic ring is 1. The van der Waals surface area contributed by atoms with Crippen LogP contribution in [0.25, 0.3) is 0 Å². The number of hydrogen-bond acceptors (Lipinski definition) is 5. The predicted molar refractivity (Wildman–Crippen MR) is 65.3 cm³/mol. The number of nitrogens with zero attached hydrogens (tertiary/aromatic N) is 2. The van der Waals surface area contributed by atoms with Crippen molar-refractivity contribution in [2.24, 2.45) is 0 Å². The summed E-state index contributed by atoms with van der Waals surface area (Å²) in [6.45, 7) is 0. The fraction of sp³-hybridized carbons (Fsp3) is 0.111. The molecule has 0 unspecified atom stereocenters. The van der Waals surface area contributed by atoms with Crippen LogP contribution in [0.5, 0.6) is 0 Å². The molecule has 0 spiro atoms. The maximum atomic E-state index is 5.89. The topological polar surface area (TPSA) is 51.8 Å². The van der Waals surface area contributed by atoms with Crippen LogP contribution < -0.4 is 5.73 Å². The molecule has 3 nitrogen and oxygen atoms in total. The zero-order chi connectivity index (χ0) is 10.7. The lowest BCUT2D eigenvalue weighted by Crippen LogP contribution is -1.84. The average Bonchev–Trinajstić information content (AvgIpc) is 2.63. The molecule has 0 atom stereocenters. The number of nitrogens with two attached hydrogens (primary N) is 1. The van der Waals surface area contributed by atoms with Crippen molar-refractivity contribution in [2.75, 3.05) is 5.73 Å². The summed E-state index contributed by atoms with van der Waals surface area (Å²) in [5.74, 6) is 0.735. The monoisotopic (exact) mass is 257 g/mol. The van der Waals surface area contributed by atoms with Crippen molar-refractivity contribution in [1.29, 1.82) is 0 Å². The SMILES string of the molecule is Nc1ccc(SCc2nnsc2Cl)cc1. The lowest BCUT2D eigenvalue weighted by Gasteiger charge is -1.99. The van der Waals surface area contributed by atoms with Crippen molar-refractivity contribution in [3.05, 3.63) is 34.3 Å². The Morgan fingerprint density at radius 1 is 1.33 bits per heavy atom. The summed E-state index contributed by atoms with van der Waals surface area (Å²) in [6, 6.07) is 7.72. The number of anilines is 1. The Hall–Kier alpha value is -0.780. The van der Waals surface area contributed by atoms with Crippen molar-refractivity contribution in [3.8, 4) is 0 Å². The van der Waals surface area contributed by atoms with Crippen LogP contribution in [0.2, 0.25) is 4.34 Å². The number of benzene rings is 1. The normalized spacial score (nSPS) is 10.5. The van der Waals surface area contributed by atoms with Gasteiger partial charge >= 0.3 is 0 Å². The van der Waals surface area contributed by atoms with Gasteiger partial charge in [-0.1, -0.05) is 16.1 Å². The van der Waals surface area contributed by atoms with Gasteiger partial charge < -0.3 is 5.73 Å². The van der Waals surface area contributed by atoms with Crippen LogP contribution in [0, 0.1) is 0 Å². The molecular formula is C9H8ClN3S2. The summed E-state index contributed by atoms with van der Waals surface area (Å²) < 4.78 is 4.44. The van der Waals surface area contributed by atoms with Crippen LogP contribution in [0.15, 0.2) is 29.2 Å². The lowest BCUT2D eigenvalue weighted by atomic mass is 10.3. The highest BCUT2D eigenvalue weighted by Gasteiger charge is 2.05. The molecule has 2 rings (SSSR count). The molecule has 0 amide bonds. The Balaban J connectivity index is 1.99. The van der Waals surface area contributed by atoms with E-state index in [0.717, 1.165) is 22.0 Å². The Morgan fingerprint density at radius 2 is 2.07 bits per heavy atom. The molecule has 2 aromatic rings. The van der Waals surface area contributed by atoms with Crippen molar-refractivity contribution >= 4 is 40.6 Å². The fourth-order valence-corrected chi connectivity index (χ4v) is 2.63. The summed E-state index contributed by atoms with van der Waals surface area (Å²) >= 11 is 8.77. The minimum absolute atomic E-state index is 0.665. The molecule has 0 aliphatic heterocycles. The van der Waals surface area contributed by atoms with E-state index in [-0.39, 0.29) is 0 Å². The summed E-state index contributed by atoms with van der Waals surface area (Å²) in [5, 5.41) is 3.94. The van der Waals surface area contributed by atoms with E-state index < -0.39 is 0 Å². The second-order valence-electron chi connectivity index (χ2n) is 2.85. The van der Waals surface area contributed by atoms with E-state index in [4.69, 9.17) is 17.3 Å². The number of thioether (sulfide) groups is 1. The predicted octanol–water partition coefficient (Wildman–Crippen LogP) is 3.07. The molecule has 1 aromatic heterocycles. The van der Waals surface area contributed by atoms with E-state index in [9.17, 15) is 0 Å². The molecule has 1 aromatic carbocycles. The largest absolute Gasteiger partial charge is 0.399 e. The summed E-state index contributed by atoms with van der Waals surface area (Å²) in [7, 11) is 0. The molecule has 15 heavy (non-hydrogen) atoms. The molecule has 0 bridgehead atoms. The van der Waals surface area contributed by atoms with E-state index >= 15 is 0 Å². The first-order valence-corrected chi connectivity index (χ1v) is 6.34. The minimum atomic E-state index is 0.665. The number of aromatic nitrogens is 2. The fourth-order valence-electron chi connectivity index (χ4n) is 0.999. The maximum absolute atomic E-state index is 5.89. The zero-order valence-corrected chi connectivity index (χ0v) is 10.1. The molecule has 0 saturated carbocycles. The number of hydrogen-bond donors (Lipinski definition) is 1. The summed E-state index contributed by atoms with van der Waals surface area (Å²) in [6.07, 6.45) is 0. The third-order valence-electron chi connectivity index (χ3n) is 1.77. The first-order valence-electron chi connectivity index (χ1n) is 4.21. The van der Waals surface area contributed by atoms with Crippen LogP contribution >= 0.6 is 34.9 Å². The Labute approximate surface area is 101 Å². The molecule has 1 heterocycles. The van der Waals surface area contributed by atoms with Gasteiger partial charge in [0.2, 0.25) is 0 Å². The van der Waals surface area contributed by atoms with Gasteiger partial charge in [0, 0.05) is 27.9 Å². The van der Waals surface area contributed by atoms with E-state index in [1.54, 1.807) is 11.8 Å². The minimum Gasteiger partial charge on any atom is -0.399 e. The maximum Gasteiger partial charge on any atom is 0.138 e. The van der Waals surface area contributed by atoms with Crippen molar-refractivity contribution in [1.82, 2.24) is 9.59 Å². The Kier molecular flexibility index (Phi) is 3.45. The first-order chi connectivity index (χ1) is 7.25. The third-order valence-corrected chi connectivity index (χ3v) is 3.77. The summed E-state index contributed by atoms with van der Waals surface area (Å²) in [4.78, 5) is 1.15. The molecule has 6 heteroatoms. The van der Waals surface area contributed by atoms with E-state index in [2.05, 4.69) is 9.59 Å². The third kappa shape index (κ3) is 2.84. The van der Waals surface area contributed by atoms with E-state index in [1.807, 2.05) is 24.3 Å². The molecule has 0 aliphatic carbocycles. The molecule has 0 fully saturated rings. The van der Waals surface area contributed by atoms with E-state index in [1.165, 1.54) is 11.5 Å². The van der Waals surface area contributed by atoms with Gasteiger partial charge in [-0.3, -0.25) is 0 Å². The van der Waals surface area contributed by atoms with Crippen LogP contribution in [-0.2, 0) is 5.75 Å². The number of rotatable bonds is 3. The Morgan fingerprint density at radius 3 is 2.67 bits per heavy atom. The first kappa shape index (κ1) is 10.7. The summed E-state index contributed by atoms with van der Waals surface area (Å²) in [5.41, 5.74) is 7.20. The van der Waals surface area contributed by atoms with Gasteiger partial charge in [0.1, 0.15) is 10.0 Å². The highest BCUT2D eigenvalue weighted by atomic mass is 35.5. The van der Waals surface area contributed by atoms with Gasteiger partial charge in [0.15, 0.2) is 0 Å². The van der Waals surface area contributed by atoms with E-state index in [0.29, 0.717) is 4.34 Å². The smallest absolute Gasteiger partial charge is 0.138 e. The second kappa shape index (κ2) is 4.83. The van der Waals surface area contributed by atoms with Crippen LogP contribution in [-0.4, -0.2) is 9.59 Å². The van der Waals surface area contributed by atoms with Gasteiger partial charge in [0.25, 0.3) is 0 Å². The van der Waals surface area contributed by atoms with Crippen LogP contribution in [0.3, 0.4) is 0 Å². The second-order valence-corrected chi connectivity index (χ2v) is 5.26. The average molecular weight is 258 g/mol. The molecule has 2 N–H and O–H groups in total. The van der Waals surface area contributed by atoms with Gasteiger partial charge in [-0.25, -0.2) is 0 Å². The molecule has 0 radical (unpaired) electrons. The van der Waals surface area contributed by atoms with Gasteiger partial charge in [-0.2, -0.15) is 0 Å². The van der Waals surface area contributed by atoms with Crippen molar-refractivity contribution < 1.29 is 0 Å². The van der Waals surface area contributed by atoms with Crippen LogP contribution in [0.1, 0.15) is 5.69 Å². The number of halogens is 1. The van der Waals surface area contributed by atoms with Crippen molar-refractivity contribution in [3.63, 3.8) is 0 Å². The molecule has 0 aliphatic rings. The van der Waals surface area contributed by atoms with Gasteiger partial charge in [-0.15, -0.1) is 16.9 Å². The standard InChI is InChI=1S/C9H8ClN3S2/c10-9-8(12-13-15-9)5-14-7-3-1-6(11)2-4-7/h1-4H,5,11H2. The van der Waals surface area contributed by atoms with Crippen LogP contribution in [0.4, 0.5) is 5.69 Å². The highest BCUT2D eigenvalue weighted by molar-refractivity contribution is 7.98. The molecular weight excluding hydrogens is 250 g/mol. The Bertz CT molecular complexity index is 441. The molecule has 78 valence electrons. The van der Waals surface area contributed by atoms with Gasteiger partial charge in [0.05, 0.1) is 0 Å². The lowest BCUT2D eigenvalue weighted by molar-refractivity contribution is 1.07. The highest BCUT2D eigenvalue weighted by Crippen LogP contribution is 2.27. The van der Waals surface area contributed by atoms with Crippen molar-refractivity contribution in [2.45, 2.75) is 10.6 Å².